The number of nitrogens with one attached hydrogen (secondary N) is 1. The fourth-order valence-electron chi connectivity index (χ4n) is 4.40. The van der Waals surface area contributed by atoms with E-state index in [1.807, 2.05) is 31.2 Å². The van der Waals surface area contributed by atoms with Crippen molar-refractivity contribution in [3.63, 3.8) is 0 Å². The van der Waals surface area contributed by atoms with Gasteiger partial charge in [0.2, 0.25) is 5.91 Å². The zero-order valence-corrected chi connectivity index (χ0v) is 18.2. The van der Waals surface area contributed by atoms with Crippen LogP contribution in [-0.4, -0.2) is 45.8 Å². The van der Waals surface area contributed by atoms with Gasteiger partial charge in [0.15, 0.2) is 5.69 Å². The fourth-order valence-corrected chi connectivity index (χ4v) is 4.40. The number of rotatable bonds is 5. The van der Waals surface area contributed by atoms with Gasteiger partial charge in [-0.25, -0.2) is 4.79 Å². The van der Waals surface area contributed by atoms with Crippen molar-refractivity contribution >= 4 is 23.5 Å². The lowest BCUT2D eigenvalue weighted by Gasteiger charge is -2.43. The minimum atomic E-state index is -1.19. The van der Waals surface area contributed by atoms with Crippen LogP contribution in [0.3, 0.4) is 0 Å². The molecule has 1 aromatic carbocycles. The predicted molar refractivity (Wildman–Crippen MR) is 115 cm³/mol. The quantitative estimate of drug-likeness (QED) is 0.745. The summed E-state index contributed by atoms with van der Waals surface area (Å²) in [5.41, 5.74) is 0.814. The zero-order chi connectivity index (χ0) is 22.2. The third-order valence-electron chi connectivity index (χ3n) is 6.11. The van der Waals surface area contributed by atoms with Crippen molar-refractivity contribution in [2.45, 2.75) is 64.6 Å². The highest BCUT2D eigenvalue weighted by Gasteiger charge is 2.49. The first-order valence-corrected chi connectivity index (χ1v) is 10.8. The Kier molecular flexibility index (Phi) is 5.56. The highest BCUT2D eigenvalue weighted by atomic mass is 16.5. The van der Waals surface area contributed by atoms with Crippen LogP contribution in [-0.2, 0) is 16.1 Å². The molecule has 1 saturated carbocycles. The molecule has 1 atom stereocenters. The van der Waals surface area contributed by atoms with Crippen molar-refractivity contribution in [1.82, 2.24) is 15.1 Å². The number of aryl methyl sites for hydroxylation is 1. The van der Waals surface area contributed by atoms with Crippen molar-refractivity contribution < 1.29 is 19.1 Å². The molecule has 0 bridgehead atoms. The summed E-state index contributed by atoms with van der Waals surface area (Å²) in [4.78, 5) is 40.8. The molecule has 2 amide bonds. The predicted octanol–water partition coefficient (Wildman–Crippen LogP) is 2.85. The summed E-state index contributed by atoms with van der Waals surface area (Å²) >= 11 is 0. The van der Waals surface area contributed by atoms with Crippen LogP contribution in [0.5, 0.6) is 0 Å². The third kappa shape index (κ3) is 3.82. The summed E-state index contributed by atoms with van der Waals surface area (Å²) < 4.78 is 6.49. The van der Waals surface area contributed by atoms with Crippen molar-refractivity contribution in [2.24, 2.45) is 0 Å². The van der Waals surface area contributed by atoms with Gasteiger partial charge in [0.1, 0.15) is 11.2 Å². The number of nitrogens with zero attached hydrogens (tertiary/aromatic N) is 3. The average Bonchev–Trinajstić information content (AvgIpc) is 3.39. The largest absolute Gasteiger partial charge is 0.461 e. The van der Waals surface area contributed by atoms with E-state index in [4.69, 9.17) is 4.74 Å². The smallest absolute Gasteiger partial charge is 0.358 e. The van der Waals surface area contributed by atoms with Crippen LogP contribution < -0.4 is 10.2 Å². The zero-order valence-electron chi connectivity index (χ0n) is 18.2. The first-order chi connectivity index (χ1) is 14.8. The second-order valence-corrected chi connectivity index (χ2v) is 8.50. The Morgan fingerprint density at radius 1 is 1.23 bits per heavy atom. The fraction of sp³-hybridized carbons (Fsp3) is 0.478. The molecule has 0 saturated heterocycles. The third-order valence-corrected chi connectivity index (χ3v) is 6.11. The summed E-state index contributed by atoms with van der Waals surface area (Å²) in [5.74, 6) is -1.18. The summed E-state index contributed by atoms with van der Waals surface area (Å²) in [6.07, 6.45) is 4.07. The average molecular weight is 425 g/mol. The molecule has 164 valence electrons. The molecule has 1 aromatic heterocycles. The summed E-state index contributed by atoms with van der Waals surface area (Å²) in [6, 6.07) is 9.06. The van der Waals surface area contributed by atoms with Crippen LogP contribution in [0.2, 0.25) is 0 Å². The lowest BCUT2D eigenvalue weighted by atomic mass is 9.93. The van der Waals surface area contributed by atoms with Crippen molar-refractivity contribution in [2.75, 3.05) is 11.5 Å². The molecule has 1 fully saturated rings. The molecule has 8 heteroatoms. The van der Waals surface area contributed by atoms with Crippen LogP contribution >= 0.6 is 0 Å². The number of carbonyl (C=O) groups is 3. The van der Waals surface area contributed by atoms with Gasteiger partial charge < -0.3 is 10.1 Å². The van der Waals surface area contributed by atoms with Crippen molar-refractivity contribution in [1.29, 1.82) is 0 Å². The molecule has 2 heterocycles. The molecule has 1 N–H and O–H groups in total. The van der Waals surface area contributed by atoms with Crippen molar-refractivity contribution in [3.05, 3.63) is 47.3 Å². The van der Waals surface area contributed by atoms with E-state index in [-0.39, 0.29) is 42.4 Å². The normalized spacial score (nSPS) is 21.1. The van der Waals surface area contributed by atoms with Gasteiger partial charge in [0, 0.05) is 17.8 Å². The van der Waals surface area contributed by atoms with E-state index in [9.17, 15) is 14.4 Å². The Labute approximate surface area is 181 Å². The van der Waals surface area contributed by atoms with E-state index in [0.29, 0.717) is 5.69 Å². The van der Waals surface area contributed by atoms with Crippen LogP contribution in [0.4, 0.5) is 5.69 Å². The van der Waals surface area contributed by atoms with Crippen molar-refractivity contribution in [3.8, 4) is 0 Å². The number of carbonyl (C=O) groups excluding carboxylic acids is 3. The Balaban J connectivity index is 1.75. The lowest BCUT2D eigenvalue weighted by Crippen LogP contribution is -2.65. The Bertz CT molecular complexity index is 1010. The molecule has 2 aromatic rings. The Morgan fingerprint density at radius 2 is 1.90 bits per heavy atom. The van der Waals surface area contributed by atoms with Gasteiger partial charge in [-0.2, -0.15) is 5.10 Å². The van der Waals surface area contributed by atoms with Gasteiger partial charge in [-0.15, -0.1) is 0 Å². The SMILES string of the molecule is CCOC(=O)c1cc2n(n1)CC(C)(C(=O)NC1CCCC1)N(c1ccc(C)cc1)C2=O. The number of benzene rings is 1. The van der Waals surface area contributed by atoms with Gasteiger partial charge in [0.25, 0.3) is 5.91 Å². The monoisotopic (exact) mass is 424 g/mol. The topological polar surface area (TPSA) is 93.5 Å². The molecular weight excluding hydrogens is 396 g/mol. The summed E-state index contributed by atoms with van der Waals surface area (Å²) in [7, 11) is 0. The summed E-state index contributed by atoms with van der Waals surface area (Å²) in [5, 5.41) is 7.42. The highest BCUT2D eigenvalue weighted by molar-refractivity contribution is 6.12. The maximum Gasteiger partial charge on any atom is 0.358 e. The number of hydrogen-bond donors (Lipinski definition) is 1. The summed E-state index contributed by atoms with van der Waals surface area (Å²) in [6.45, 7) is 5.78. The number of anilines is 1. The van der Waals surface area contributed by atoms with E-state index in [1.165, 1.54) is 15.6 Å². The minimum absolute atomic E-state index is 0.0644. The molecule has 1 aliphatic heterocycles. The first-order valence-electron chi connectivity index (χ1n) is 10.8. The molecule has 8 nitrogen and oxygen atoms in total. The van der Waals surface area contributed by atoms with Crippen LogP contribution in [0.25, 0.3) is 0 Å². The molecule has 1 aliphatic carbocycles. The maximum absolute atomic E-state index is 13.6. The number of aromatic nitrogens is 2. The van der Waals surface area contributed by atoms with Gasteiger partial charge in [-0.05, 0) is 45.7 Å². The second-order valence-electron chi connectivity index (χ2n) is 8.50. The molecule has 1 unspecified atom stereocenters. The van der Waals surface area contributed by atoms with E-state index in [1.54, 1.807) is 13.8 Å². The van der Waals surface area contributed by atoms with Crippen LogP contribution in [0, 0.1) is 6.92 Å². The molecule has 31 heavy (non-hydrogen) atoms. The molecule has 2 aliphatic rings. The second kappa shape index (κ2) is 8.17. The van der Waals surface area contributed by atoms with Gasteiger partial charge in [-0.1, -0.05) is 30.5 Å². The van der Waals surface area contributed by atoms with E-state index < -0.39 is 11.5 Å². The van der Waals surface area contributed by atoms with Crippen LogP contribution in [0.15, 0.2) is 30.3 Å². The number of esters is 1. The standard InChI is InChI=1S/C23H28N4O4/c1-4-31-21(29)18-13-19-20(28)27(17-11-9-15(2)10-12-17)23(3,14-26(19)25-18)22(30)24-16-7-5-6-8-16/h9-13,16H,4-8,14H2,1-3H3,(H,24,30). The van der Waals surface area contributed by atoms with Gasteiger partial charge in [-0.3, -0.25) is 19.2 Å². The number of ether oxygens (including phenoxy) is 1. The minimum Gasteiger partial charge on any atom is -0.461 e. The van der Waals surface area contributed by atoms with Crippen LogP contribution in [0.1, 0.15) is 66.1 Å². The maximum atomic E-state index is 13.6. The van der Waals surface area contributed by atoms with Gasteiger partial charge >= 0.3 is 5.97 Å². The Morgan fingerprint density at radius 3 is 2.55 bits per heavy atom. The van der Waals surface area contributed by atoms with Gasteiger partial charge in [0.05, 0.1) is 13.2 Å². The number of hydrogen-bond acceptors (Lipinski definition) is 5. The van der Waals surface area contributed by atoms with E-state index >= 15 is 0 Å². The molecule has 4 rings (SSSR count). The highest BCUT2D eigenvalue weighted by Crippen LogP contribution is 2.33. The first kappa shape index (κ1) is 21.1. The number of amides is 2. The molecular formula is C23H28N4O4. The van der Waals surface area contributed by atoms with E-state index in [0.717, 1.165) is 31.2 Å². The van der Waals surface area contributed by atoms with E-state index in [2.05, 4.69) is 10.4 Å². The Hall–Kier alpha value is -3.16. The number of fused-ring (bicyclic) bond motifs is 1. The lowest BCUT2D eigenvalue weighted by molar-refractivity contribution is -0.127. The molecule has 0 radical (unpaired) electrons. The molecule has 0 spiro atoms.